The van der Waals surface area contributed by atoms with E-state index in [1.807, 2.05) is 53.1 Å². The van der Waals surface area contributed by atoms with E-state index in [-0.39, 0.29) is 29.7 Å². The van der Waals surface area contributed by atoms with Gasteiger partial charge in [-0.15, -0.1) is 0 Å². The maximum atomic E-state index is 14.7. The van der Waals surface area contributed by atoms with Crippen LogP contribution in [0.4, 0.5) is 24.5 Å². The van der Waals surface area contributed by atoms with Crippen molar-refractivity contribution in [2.75, 3.05) is 63.4 Å². The maximum absolute atomic E-state index is 14.7. The lowest BCUT2D eigenvalue weighted by atomic mass is 9.87. The average molecular weight is 681 g/mol. The summed E-state index contributed by atoms with van der Waals surface area (Å²) in [5.41, 5.74) is 3.37. The zero-order chi connectivity index (χ0) is 34.9. The highest BCUT2D eigenvalue weighted by Crippen LogP contribution is 2.44. The molecular formula is C37H43F3N4O5. The van der Waals surface area contributed by atoms with E-state index in [0.717, 1.165) is 34.3 Å². The molecule has 1 unspecified atom stereocenters. The van der Waals surface area contributed by atoms with E-state index in [2.05, 4.69) is 9.88 Å². The number of rotatable bonds is 9. The molecule has 3 aromatic rings. The molecular weight excluding hydrogens is 637 g/mol. The molecule has 3 fully saturated rings. The number of halogens is 3. The van der Waals surface area contributed by atoms with E-state index in [1.54, 1.807) is 26.5 Å². The van der Waals surface area contributed by atoms with Crippen LogP contribution in [0.2, 0.25) is 0 Å². The van der Waals surface area contributed by atoms with Gasteiger partial charge in [-0.1, -0.05) is 18.2 Å². The second kappa shape index (κ2) is 14.3. The Hall–Kier alpha value is -4.32. The Morgan fingerprint density at radius 1 is 0.959 bits per heavy atom. The molecule has 0 aliphatic carbocycles. The molecule has 0 radical (unpaired) electrons. The number of pyridine rings is 1. The van der Waals surface area contributed by atoms with Gasteiger partial charge in [0.1, 0.15) is 5.75 Å². The Bertz CT molecular complexity index is 1640. The van der Waals surface area contributed by atoms with Crippen LogP contribution in [0.5, 0.6) is 5.75 Å². The van der Waals surface area contributed by atoms with E-state index in [9.17, 15) is 27.9 Å². The predicted molar refractivity (Wildman–Crippen MR) is 179 cm³/mol. The van der Waals surface area contributed by atoms with Crippen LogP contribution in [0, 0.1) is 18.8 Å². The number of alkyl halides is 3. The summed E-state index contributed by atoms with van der Waals surface area (Å²) in [7, 11) is 3.21. The number of carbonyl (C=O) groups excluding carboxylic acids is 1. The van der Waals surface area contributed by atoms with Crippen LogP contribution in [-0.4, -0.2) is 86.5 Å². The summed E-state index contributed by atoms with van der Waals surface area (Å²) >= 11 is 0. The highest BCUT2D eigenvalue weighted by molar-refractivity contribution is 5.83. The van der Waals surface area contributed by atoms with E-state index >= 15 is 0 Å². The van der Waals surface area contributed by atoms with Crippen molar-refractivity contribution in [3.05, 3.63) is 83.2 Å². The third kappa shape index (κ3) is 7.34. The number of piperidine rings is 1. The standard InChI is InChI=1S/C37H43F3N4O5/c1-23-16-28(10-13-41-23)43-20-32(24-4-7-30(49-3)8-5-24)33(21-43)35(45)44-19-26(17-29(44)22-48-2)31-9-6-27(37(38,39)40)18-34(31)42-14-11-25(12-15-42)36(46)47/h4-10,13,16,18,25-26,29,32-33H,11-12,14-15,17,19-22H2,1-3H3,(H,46,47)/t26-,29?,32+,33-/m1/s1. The van der Waals surface area contributed by atoms with E-state index < -0.39 is 23.6 Å². The van der Waals surface area contributed by atoms with E-state index in [1.165, 1.54) is 6.07 Å². The molecule has 0 spiro atoms. The van der Waals surface area contributed by atoms with Gasteiger partial charge < -0.3 is 29.3 Å². The molecule has 1 aromatic heterocycles. The van der Waals surface area contributed by atoms with Crippen LogP contribution in [0.15, 0.2) is 60.8 Å². The minimum atomic E-state index is -4.53. The Labute approximate surface area is 284 Å². The number of aliphatic carboxylic acids is 1. The minimum Gasteiger partial charge on any atom is -0.497 e. The first-order chi connectivity index (χ1) is 23.5. The van der Waals surface area contributed by atoms with Crippen LogP contribution in [-0.2, 0) is 20.5 Å². The second-order valence-electron chi connectivity index (χ2n) is 13.4. The normalized spacial score (nSPS) is 23.3. The summed E-state index contributed by atoms with van der Waals surface area (Å²) in [6.45, 7) is 4.41. The highest BCUT2D eigenvalue weighted by Gasteiger charge is 2.46. The van der Waals surface area contributed by atoms with Gasteiger partial charge in [-0.3, -0.25) is 14.6 Å². The number of methoxy groups -OCH3 is 2. The van der Waals surface area contributed by atoms with Crippen LogP contribution in [0.1, 0.15) is 53.5 Å². The molecule has 9 nitrogen and oxygen atoms in total. The lowest BCUT2D eigenvalue weighted by molar-refractivity contribution is -0.142. The van der Waals surface area contributed by atoms with Gasteiger partial charge in [-0.25, -0.2) is 0 Å². The minimum absolute atomic E-state index is 0.00520. The van der Waals surface area contributed by atoms with Gasteiger partial charge in [0.25, 0.3) is 0 Å². The van der Waals surface area contributed by atoms with Crippen LogP contribution in [0.3, 0.4) is 0 Å². The van der Waals surface area contributed by atoms with Crippen molar-refractivity contribution in [1.29, 1.82) is 0 Å². The number of nitrogens with zero attached hydrogens (tertiary/aromatic N) is 4. The molecule has 1 N–H and O–H groups in total. The molecule has 6 rings (SSSR count). The van der Waals surface area contributed by atoms with Gasteiger partial charge >= 0.3 is 12.1 Å². The molecule has 2 aromatic carbocycles. The summed E-state index contributed by atoms with van der Waals surface area (Å²) in [4.78, 5) is 36.6. The third-order valence-electron chi connectivity index (χ3n) is 10.5. The fourth-order valence-electron chi connectivity index (χ4n) is 7.86. The number of carbonyl (C=O) groups is 2. The Balaban J connectivity index is 1.31. The first-order valence-corrected chi connectivity index (χ1v) is 16.8. The summed E-state index contributed by atoms with van der Waals surface area (Å²) in [5.74, 6) is -1.37. The molecule has 262 valence electrons. The summed E-state index contributed by atoms with van der Waals surface area (Å²) in [6, 6.07) is 15.4. The van der Waals surface area contributed by atoms with E-state index in [4.69, 9.17) is 9.47 Å². The number of likely N-dealkylation sites (tertiary alicyclic amines) is 1. The predicted octanol–water partition coefficient (Wildman–Crippen LogP) is 5.97. The van der Waals surface area contributed by atoms with Crippen molar-refractivity contribution < 1.29 is 37.3 Å². The molecule has 49 heavy (non-hydrogen) atoms. The molecule has 0 bridgehead atoms. The number of aromatic nitrogens is 1. The van der Waals surface area contributed by atoms with Crippen molar-refractivity contribution in [3.8, 4) is 5.75 Å². The molecule has 12 heteroatoms. The van der Waals surface area contributed by atoms with Crippen molar-refractivity contribution in [1.82, 2.24) is 9.88 Å². The summed E-state index contributed by atoms with van der Waals surface area (Å²) in [5, 5.41) is 9.50. The Kier molecular flexibility index (Phi) is 10.1. The Morgan fingerprint density at radius 2 is 1.69 bits per heavy atom. The molecule has 3 aliphatic rings. The average Bonchev–Trinajstić information content (AvgIpc) is 3.73. The molecule has 0 saturated carbocycles. The zero-order valence-corrected chi connectivity index (χ0v) is 28.0. The van der Waals surface area contributed by atoms with Gasteiger partial charge in [-0.05, 0) is 73.7 Å². The molecule has 1 amide bonds. The number of hydrogen-bond donors (Lipinski definition) is 1. The van der Waals surface area contributed by atoms with Crippen molar-refractivity contribution >= 4 is 23.3 Å². The number of carboxylic acid groups (broad SMARTS) is 1. The zero-order valence-electron chi connectivity index (χ0n) is 28.0. The fourth-order valence-corrected chi connectivity index (χ4v) is 7.86. The topological polar surface area (TPSA) is 95.4 Å². The number of carboxylic acids is 1. The van der Waals surface area contributed by atoms with Crippen molar-refractivity contribution in [3.63, 3.8) is 0 Å². The molecule has 3 saturated heterocycles. The van der Waals surface area contributed by atoms with Crippen molar-refractivity contribution in [2.45, 2.75) is 50.2 Å². The molecule has 3 aliphatic heterocycles. The smallest absolute Gasteiger partial charge is 0.416 e. The first kappa shape index (κ1) is 34.5. The quantitative estimate of drug-likeness (QED) is 0.296. The molecule has 4 atom stereocenters. The summed E-state index contributed by atoms with van der Waals surface area (Å²) < 4.78 is 52.8. The van der Waals surface area contributed by atoms with Gasteiger partial charge in [0.05, 0.1) is 37.2 Å². The highest BCUT2D eigenvalue weighted by atomic mass is 19.4. The van der Waals surface area contributed by atoms with E-state index in [0.29, 0.717) is 64.3 Å². The van der Waals surface area contributed by atoms with Crippen molar-refractivity contribution in [2.24, 2.45) is 11.8 Å². The van der Waals surface area contributed by atoms with Gasteiger partial charge in [0.2, 0.25) is 5.91 Å². The van der Waals surface area contributed by atoms with Crippen LogP contribution < -0.4 is 14.5 Å². The number of ether oxygens (including phenoxy) is 2. The number of amides is 1. The molecule has 4 heterocycles. The maximum Gasteiger partial charge on any atom is 0.416 e. The number of hydrogen-bond acceptors (Lipinski definition) is 7. The van der Waals surface area contributed by atoms with Gasteiger partial charge in [0, 0.05) is 74.9 Å². The largest absolute Gasteiger partial charge is 0.497 e. The second-order valence-corrected chi connectivity index (χ2v) is 13.4. The fraction of sp³-hybridized carbons (Fsp3) is 0.486. The Morgan fingerprint density at radius 3 is 2.33 bits per heavy atom. The monoisotopic (exact) mass is 680 g/mol. The number of benzene rings is 2. The SMILES string of the molecule is COCC1C[C@@H](c2ccc(C(F)(F)F)cc2N2CCC(C(=O)O)CC2)CN1C(=O)[C@@H]1CN(c2ccnc(C)c2)C[C@H]1c1ccc(OC)cc1. The first-order valence-electron chi connectivity index (χ1n) is 16.8. The van der Waals surface area contributed by atoms with Crippen LogP contribution >= 0.6 is 0 Å². The number of anilines is 2. The third-order valence-corrected chi connectivity index (χ3v) is 10.5. The lowest BCUT2D eigenvalue weighted by Gasteiger charge is -2.34. The van der Waals surface area contributed by atoms with Crippen LogP contribution in [0.25, 0.3) is 0 Å². The lowest BCUT2D eigenvalue weighted by Crippen LogP contribution is -2.43. The summed E-state index contributed by atoms with van der Waals surface area (Å²) in [6.07, 6.45) is -1.51. The van der Waals surface area contributed by atoms with Gasteiger partial charge in [0.15, 0.2) is 0 Å². The number of aryl methyl sites for hydroxylation is 1. The van der Waals surface area contributed by atoms with Gasteiger partial charge in [-0.2, -0.15) is 13.2 Å².